The van der Waals surface area contributed by atoms with E-state index in [-0.39, 0.29) is 0 Å². The number of benzene rings is 1. The minimum absolute atomic E-state index is 0.723. The van der Waals surface area contributed by atoms with Crippen LogP contribution in [-0.4, -0.2) is 40.5 Å². The van der Waals surface area contributed by atoms with E-state index in [9.17, 15) is 0 Å². The number of hydrogen-bond acceptors (Lipinski definition) is 3. The molecule has 0 spiro atoms. The summed E-state index contributed by atoms with van der Waals surface area (Å²) in [5.74, 6) is 0. The molecule has 0 aliphatic carbocycles. The van der Waals surface area contributed by atoms with E-state index >= 15 is 0 Å². The fourth-order valence-corrected chi connectivity index (χ4v) is 2.16. The summed E-state index contributed by atoms with van der Waals surface area (Å²) in [6.45, 7) is 3.20. The van der Waals surface area contributed by atoms with Crippen LogP contribution < -0.4 is 4.90 Å². The molecule has 0 radical (unpaired) electrons. The molecule has 0 bridgehead atoms. The first-order valence-electron chi connectivity index (χ1n) is 5.70. The maximum absolute atomic E-state index is 5.15. The minimum Gasteiger partial charge on any atom is -0.383 e. The number of nitrogens with zero attached hydrogens (tertiary/aromatic N) is 1. The van der Waals surface area contributed by atoms with Crippen LogP contribution in [0.5, 0.6) is 0 Å². The second-order valence-corrected chi connectivity index (χ2v) is 4.30. The molecule has 3 nitrogen and oxygen atoms in total. The molecule has 17 heavy (non-hydrogen) atoms. The maximum atomic E-state index is 5.15. The lowest BCUT2D eigenvalue weighted by Crippen LogP contribution is -2.31. The van der Waals surface area contributed by atoms with Crippen molar-refractivity contribution in [1.82, 2.24) is 0 Å². The van der Waals surface area contributed by atoms with Crippen molar-refractivity contribution in [2.75, 3.05) is 45.4 Å². The summed E-state index contributed by atoms with van der Waals surface area (Å²) in [5, 5.41) is 0.861. The van der Waals surface area contributed by atoms with Gasteiger partial charge in [-0.2, -0.15) is 0 Å². The average molecular weight is 302 g/mol. The third-order valence-corrected chi connectivity index (χ3v) is 3.21. The van der Waals surface area contributed by atoms with E-state index in [2.05, 4.69) is 45.1 Å². The molecule has 0 unspecified atom stereocenters. The molecule has 0 atom stereocenters. The summed E-state index contributed by atoms with van der Waals surface area (Å²) in [6, 6.07) is 8.40. The van der Waals surface area contributed by atoms with Gasteiger partial charge in [0.05, 0.1) is 13.2 Å². The maximum Gasteiger partial charge on any atom is 0.0637 e. The lowest BCUT2D eigenvalue weighted by atomic mass is 10.2. The highest BCUT2D eigenvalue weighted by Gasteiger charge is 2.09. The van der Waals surface area contributed by atoms with Gasteiger partial charge >= 0.3 is 0 Å². The number of ether oxygens (including phenoxy) is 2. The Kier molecular flexibility index (Phi) is 7.24. The van der Waals surface area contributed by atoms with Crippen LogP contribution in [-0.2, 0) is 14.8 Å². The predicted molar refractivity (Wildman–Crippen MR) is 75.0 cm³/mol. The Morgan fingerprint density at radius 2 is 1.65 bits per heavy atom. The normalized spacial score (nSPS) is 10.5. The van der Waals surface area contributed by atoms with Crippen molar-refractivity contribution in [2.24, 2.45) is 0 Å². The molecule has 96 valence electrons. The molecule has 0 saturated carbocycles. The number of para-hydroxylation sites is 1. The predicted octanol–water partition coefficient (Wildman–Crippen LogP) is 2.68. The minimum atomic E-state index is 0.723. The summed E-state index contributed by atoms with van der Waals surface area (Å²) in [7, 11) is 3.45. The van der Waals surface area contributed by atoms with Crippen LogP contribution in [0.25, 0.3) is 0 Å². The van der Waals surface area contributed by atoms with Gasteiger partial charge in [-0.15, -0.1) is 0 Å². The molecule has 0 amide bonds. The molecule has 0 aliphatic rings. The SMILES string of the molecule is COCCN(CCOC)c1ccccc1CBr. The Bertz CT molecular complexity index is 312. The Hall–Kier alpha value is -0.580. The number of rotatable bonds is 8. The highest BCUT2D eigenvalue weighted by atomic mass is 79.9. The zero-order valence-corrected chi connectivity index (χ0v) is 12.1. The highest BCUT2D eigenvalue weighted by molar-refractivity contribution is 9.08. The molecule has 0 N–H and O–H groups in total. The zero-order valence-electron chi connectivity index (χ0n) is 10.5. The van der Waals surface area contributed by atoms with E-state index in [1.54, 1.807) is 14.2 Å². The van der Waals surface area contributed by atoms with E-state index in [4.69, 9.17) is 9.47 Å². The molecule has 0 fully saturated rings. The Morgan fingerprint density at radius 3 is 2.18 bits per heavy atom. The van der Waals surface area contributed by atoms with Gasteiger partial charge < -0.3 is 14.4 Å². The fraction of sp³-hybridized carbons (Fsp3) is 0.538. The van der Waals surface area contributed by atoms with Gasteiger partial charge in [-0.3, -0.25) is 0 Å². The van der Waals surface area contributed by atoms with Crippen molar-refractivity contribution in [2.45, 2.75) is 5.33 Å². The van der Waals surface area contributed by atoms with Gasteiger partial charge in [-0.1, -0.05) is 34.1 Å². The molecule has 4 heteroatoms. The number of hydrogen-bond donors (Lipinski definition) is 0. The van der Waals surface area contributed by atoms with Crippen LogP contribution in [0, 0.1) is 0 Å². The Balaban J connectivity index is 2.78. The smallest absolute Gasteiger partial charge is 0.0637 e. The van der Waals surface area contributed by atoms with E-state index in [0.717, 1.165) is 31.6 Å². The van der Waals surface area contributed by atoms with Gasteiger partial charge in [0.15, 0.2) is 0 Å². The fourth-order valence-electron chi connectivity index (χ4n) is 1.69. The van der Waals surface area contributed by atoms with Gasteiger partial charge in [-0.05, 0) is 11.6 Å². The molecule has 1 rings (SSSR count). The van der Waals surface area contributed by atoms with Crippen LogP contribution in [0.2, 0.25) is 0 Å². The summed E-state index contributed by atoms with van der Waals surface area (Å²) < 4.78 is 10.3. The van der Waals surface area contributed by atoms with Gasteiger partial charge in [0, 0.05) is 38.3 Å². The second kappa shape index (κ2) is 8.50. The zero-order chi connectivity index (χ0) is 12.5. The monoisotopic (exact) mass is 301 g/mol. The molecule has 1 aromatic carbocycles. The highest BCUT2D eigenvalue weighted by Crippen LogP contribution is 2.22. The third kappa shape index (κ3) is 4.66. The van der Waals surface area contributed by atoms with Gasteiger partial charge in [0.1, 0.15) is 0 Å². The lowest BCUT2D eigenvalue weighted by molar-refractivity contribution is 0.190. The average Bonchev–Trinajstić information content (AvgIpc) is 2.39. The molecule has 0 aliphatic heterocycles. The topological polar surface area (TPSA) is 21.7 Å². The quantitative estimate of drug-likeness (QED) is 0.689. The van der Waals surface area contributed by atoms with E-state index < -0.39 is 0 Å². The van der Waals surface area contributed by atoms with Crippen molar-refractivity contribution in [3.05, 3.63) is 29.8 Å². The number of methoxy groups -OCH3 is 2. The second-order valence-electron chi connectivity index (χ2n) is 3.73. The molecule has 0 aromatic heterocycles. The molecular weight excluding hydrogens is 282 g/mol. The van der Waals surface area contributed by atoms with Crippen molar-refractivity contribution in [3.8, 4) is 0 Å². The van der Waals surface area contributed by atoms with E-state index in [1.807, 2.05) is 0 Å². The number of anilines is 1. The summed E-state index contributed by atoms with van der Waals surface area (Å²) in [6.07, 6.45) is 0. The largest absolute Gasteiger partial charge is 0.383 e. The molecule has 0 saturated heterocycles. The Morgan fingerprint density at radius 1 is 1.06 bits per heavy atom. The van der Waals surface area contributed by atoms with Gasteiger partial charge in [-0.25, -0.2) is 0 Å². The van der Waals surface area contributed by atoms with Gasteiger partial charge in [0.25, 0.3) is 0 Å². The first-order valence-corrected chi connectivity index (χ1v) is 6.82. The van der Waals surface area contributed by atoms with Crippen LogP contribution >= 0.6 is 15.9 Å². The van der Waals surface area contributed by atoms with Crippen LogP contribution in [0.3, 0.4) is 0 Å². The van der Waals surface area contributed by atoms with Crippen LogP contribution in [0.1, 0.15) is 5.56 Å². The first kappa shape index (κ1) is 14.5. The molecule has 0 heterocycles. The van der Waals surface area contributed by atoms with Crippen molar-refractivity contribution in [3.63, 3.8) is 0 Å². The summed E-state index contributed by atoms with van der Waals surface area (Å²) in [5.41, 5.74) is 2.54. The van der Waals surface area contributed by atoms with Crippen molar-refractivity contribution < 1.29 is 9.47 Å². The standard InChI is InChI=1S/C13H20BrNO2/c1-16-9-7-15(8-10-17-2)13-6-4-3-5-12(13)11-14/h3-6H,7-11H2,1-2H3. The number of halogens is 1. The Labute approximate surface area is 112 Å². The van der Waals surface area contributed by atoms with Crippen LogP contribution in [0.15, 0.2) is 24.3 Å². The number of alkyl halides is 1. The molecular formula is C13H20BrNO2. The lowest BCUT2D eigenvalue weighted by Gasteiger charge is -2.26. The third-order valence-electron chi connectivity index (χ3n) is 2.61. The van der Waals surface area contributed by atoms with E-state index in [1.165, 1.54) is 11.3 Å². The summed E-state index contributed by atoms with van der Waals surface area (Å²) >= 11 is 3.52. The first-order chi connectivity index (χ1) is 8.33. The van der Waals surface area contributed by atoms with Crippen molar-refractivity contribution >= 4 is 21.6 Å². The van der Waals surface area contributed by atoms with E-state index in [0.29, 0.717) is 0 Å². The van der Waals surface area contributed by atoms with Crippen molar-refractivity contribution in [1.29, 1.82) is 0 Å². The van der Waals surface area contributed by atoms with Crippen LogP contribution in [0.4, 0.5) is 5.69 Å². The van der Waals surface area contributed by atoms with Gasteiger partial charge in [0.2, 0.25) is 0 Å². The molecule has 1 aromatic rings. The summed E-state index contributed by atoms with van der Waals surface area (Å²) in [4.78, 5) is 2.30.